The lowest BCUT2D eigenvalue weighted by atomic mass is 10.2. The van der Waals surface area contributed by atoms with Gasteiger partial charge in [-0.3, -0.25) is 0 Å². The molecular formula is C9H8O5. The highest BCUT2D eigenvalue weighted by Crippen LogP contribution is 2.04. The molecule has 0 atom stereocenters. The zero-order valence-electron chi connectivity index (χ0n) is 7.39. The number of rotatable bonds is 1. The molecule has 0 bridgehead atoms. The lowest BCUT2D eigenvalue weighted by molar-refractivity contribution is -0.198. The summed E-state index contributed by atoms with van der Waals surface area (Å²) in [4.78, 5) is 28.6. The molecule has 5 nitrogen and oxygen atoms in total. The van der Waals surface area contributed by atoms with Gasteiger partial charge in [-0.2, -0.15) is 0 Å². The lowest BCUT2D eigenvalue weighted by Gasteiger charge is -1.99. The maximum atomic E-state index is 11.0. The van der Waals surface area contributed by atoms with E-state index < -0.39 is 12.1 Å². The van der Waals surface area contributed by atoms with Gasteiger partial charge < -0.3 is 5.11 Å². The van der Waals surface area contributed by atoms with Crippen LogP contribution in [-0.2, 0) is 9.78 Å². The fraction of sp³-hybridized carbons (Fsp3) is 0.111. The second-order valence-corrected chi connectivity index (χ2v) is 2.59. The van der Waals surface area contributed by atoms with Gasteiger partial charge >= 0.3 is 12.1 Å². The van der Waals surface area contributed by atoms with Gasteiger partial charge in [-0.25, -0.2) is 19.4 Å². The summed E-state index contributed by atoms with van der Waals surface area (Å²) < 4.78 is 0. The van der Waals surface area contributed by atoms with E-state index in [0.717, 1.165) is 5.56 Å². The van der Waals surface area contributed by atoms with E-state index in [1.165, 1.54) is 12.1 Å². The summed E-state index contributed by atoms with van der Waals surface area (Å²) in [6.07, 6.45) is -1.66. The van der Waals surface area contributed by atoms with Crippen LogP contribution >= 0.6 is 0 Å². The van der Waals surface area contributed by atoms with E-state index in [-0.39, 0.29) is 5.56 Å². The molecule has 0 aromatic heterocycles. The molecule has 0 amide bonds. The van der Waals surface area contributed by atoms with Gasteiger partial charge in [0.1, 0.15) is 0 Å². The van der Waals surface area contributed by atoms with Gasteiger partial charge in [0.05, 0.1) is 5.56 Å². The molecule has 0 aliphatic heterocycles. The second kappa shape index (κ2) is 4.27. The van der Waals surface area contributed by atoms with Crippen LogP contribution in [0.3, 0.4) is 0 Å². The SMILES string of the molecule is Cc1ccc(C(=O)OOC(=O)O)cc1. The van der Waals surface area contributed by atoms with Crippen LogP contribution in [0.15, 0.2) is 24.3 Å². The molecule has 0 spiro atoms. The summed E-state index contributed by atoms with van der Waals surface area (Å²) in [5.74, 6) is -0.840. The highest BCUT2D eigenvalue weighted by molar-refractivity contribution is 5.89. The van der Waals surface area contributed by atoms with Crippen molar-refractivity contribution in [2.75, 3.05) is 0 Å². The Morgan fingerprint density at radius 2 is 1.71 bits per heavy atom. The van der Waals surface area contributed by atoms with E-state index in [2.05, 4.69) is 9.78 Å². The van der Waals surface area contributed by atoms with Crippen molar-refractivity contribution in [3.63, 3.8) is 0 Å². The number of benzene rings is 1. The van der Waals surface area contributed by atoms with E-state index >= 15 is 0 Å². The van der Waals surface area contributed by atoms with E-state index in [9.17, 15) is 9.59 Å². The van der Waals surface area contributed by atoms with Crippen molar-refractivity contribution < 1.29 is 24.5 Å². The first-order valence-corrected chi connectivity index (χ1v) is 3.78. The Bertz CT molecular complexity index is 341. The van der Waals surface area contributed by atoms with Gasteiger partial charge in [0.25, 0.3) is 0 Å². The minimum absolute atomic E-state index is 0.233. The van der Waals surface area contributed by atoms with Crippen LogP contribution in [0.25, 0.3) is 0 Å². The number of carboxylic acid groups (broad SMARTS) is 1. The first kappa shape index (κ1) is 10.0. The minimum atomic E-state index is -1.66. The normalized spacial score (nSPS) is 9.21. The third-order valence-corrected chi connectivity index (χ3v) is 1.48. The third kappa shape index (κ3) is 2.78. The minimum Gasteiger partial charge on any atom is -0.447 e. The summed E-state index contributed by atoms with van der Waals surface area (Å²) in [6, 6.07) is 6.44. The molecule has 0 fully saturated rings. The summed E-state index contributed by atoms with van der Waals surface area (Å²) in [5, 5.41) is 8.05. The van der Waals surface area contributed by atoms with Gasteiger partial charge in [-0.15, -0.1) is 0 Å². The summed E-state index contributed by atoms with van der Waals surface area (Å²) in [7, 11) is 0. The monoisotopic (exact) mass is 196 g/mol. The van der Waals surface area contributed by atoms with Crippen LogP contribution in [0.4, 0.5) is 4.79 Å². The van der Waals surface area contributed by atoms with Gasteiger partial charge in [0, 0.05) is 0 Å². The molecular weight excluding hydrogens is 188 g/mol. The number of hydrogen-bond donors (Lipinski definition) is 1. The average Bonchev–Trinajstić information content (AvgIpc) is 2.15. The van der Waals surface area contributed by atoms with E-state index in [0.29, 0.717) is 0 Å². The average molecular weight is 196 g/mol. The van der Waals surface area contributed by atoms with Crippen molar-refractivity contribution >= 4 is 12.1 Å². The standard InChI is InChI=1S/C9H8O5/c1-6-2-4-7(5-3-6)8(10)13-14-9(11)12/h2-5H,1H3,(H,11,12). The zero-order valence-corrected chi connectivity index (χ0v) is 7.39. The Morgan fingerprint density at radius 1 is 1.14 bits per heavy atom. The quantitative estimate of drug-likeness (QED) is 0.547. The highest BCUT2D eigenvalue weighted by Gasteiger charge is 2.10. The predicted molar refractivity (Wildman–Crippen MR) is 45.7 cm³/mol. The Balaban J connectivity index is 2.61. The fourth-order valence-electron chi connectivity index (χ4n) is 0.811. The van der Waals surface area contributed by atoms with Crippen molar-refractivity contribution in [1.29, 1.82) is 0 Å². The molecule has 1 aromatic carbocycles. The van der Waals surface area contributed by atoms with E-state index in [4.69, 9.17) is 5.11 Å². The first-order chi connectivity index (χ1) is 6.59. The molecule has 1 N–H and O–H groups in total. The second-order valence-electron chi connectivity index (χ2n) is 2.59. The van der Waals surface area contributed by atoms with Crippen LogP contribution in [0.5, 0.6) is 0 Å². The summed E-state index contributed by atoms with van der Waals surface area (Å²) in [6.45, 7) is 1.86. The Kier molecular flexibility index (Phi) is 3.06. The molecule has 0 saturated carbocycles. The molecule has 5 heteroatoms. The lowest BCUT2D eigenvalue weighted by Crippen LogP contribution is -2.09. The largest absolute Gasteiger partial charge is 0.547 e. The van der Waals surface area contributed by atoms with Crippen LogP contribution in [0, 0.1) is 6.92 Å². The van der Waals surface area contributed by atoms with Crippen LogP contribution in [0.1, 0.15) is 15.9 Å². The van der Waals surface area contributed by atoms with Gasteiger partial charge in [0.15, 0.2) is 0 Å². The molecule has 14 heavy (non-hydrogen) atoms. The molecule has 1 aromatic rings. The number of hydrogen-bond acceptors (Lipinski definition) is 4. The number of carbonyl (C=O) groups excluding carboxylic acids is 1. The molecule has 0 radical (unpaired) electrons. The number of aryl methyl sites for hydroxylation is 1. The van der Waals surface area contributed by atoms with E-state index in [1.807, 2.05) is 6.92 Å². The molecule has 0 aliphatic rings. The van der Waals surface area contributed by atoms with Crippen molar-refractivity contribution in [2.45, 2.75) is 6.92 Å². The smallest absolute Gasteiger partial charge is 0.447 e. The molecule has 0 heterocycles. The maximum absolute atomic E-state index is 11.0. The first-order valence-electron chi connectivity index (χ1n) is 3.78. The van der Waals surface area contributed by atoms with Gasteiger partial charge in [-0.1, -0.05) is 17.7 Å². The van der Waals surface area contributed by atoms with Crippen LogP contribution in [-0.4, -0.2) is 17.2 Å². The highest BCUT2D eigenvalue weighted by atomic mass is 17.2. The van der Waals surface area contributed by atoms with Crippen molar-refractivity contribution in [3.8, 4) is 0 Å². The van der Waals surface area contributed by atoms with Crippen molar-refractivity contribution in [1.82, 2.24) is 0 Å². The van der Waals surface area contributed by atoms with Crippen molar-refractivity contribution in [2.24, 2.45) is 0 Å². The molecule has 74 valence electrons. The van der Waals surface area contributed by atoms with Crippen LogP contribution in [0.2, 0.25) is 0 Å². The molecule has 0 saturated heterocycles. The number of carbonyl (C=O) groups is 2. The van der Waals surface area contributed by atoms with Gasteiger partial charge in [0.2, 0.25) is 0 Å². The topological polar surface area (TPSA) is 72.8 Å². The summed E-state index contributed by atoms with van der Waals surface area (Å²) >= 11 is 0. The maximum Gasteiger partial charge on any atom is 0.547 e. The van der Waals surface area contributed by atoms with Crippen LogP contribution < -0.4 is 0 Å². The molecule has 0 unspecified atom stereocenters. The van der Waals surface area contributed by atoms with Gasteiger partial charge in [-0.05, 0) is 19.1 Å². The van der Waals surface area contributed by atoms with Crippen molar-refractivity contribution in [3.05, 3.63) is 35.4 Å². The molecule has 0 aliphatic carbocycles. The molecule has 1 rings (SSSR count). The Hall–Kier alpha value is -2.04. The summed E-state index contributed by atoms with van der Waals surface area (Å²) in [5.41, 5.74) is 1.22. The Morgan fingerprint density at radius 3 is 2.21 bits per heavy atom. The van der Waals surface area contributed by atoms with E-state index in [1.54, 1.807) is 12.1 Å². The predicted octanol–water partition coefficient (Wildman–Crippen LogP) is 1.76. The fourth-order valence-corrected chi connectivity index (χ4v) is 0.811. The zero-order chi connectivity index (χ0) is 10.6. The third-order valence-electron chi connectivity index (χ3n) is 1.48. The Labute approximate surface area is 79.8 Å².